The van der Waals surface area contributed by atoms with Crippen LogP contribution in [0.5, 0.6) is 5.75 Å². The van der Waals surface area contributed by atoms with Crippen molar-refractivity contribution in [3.8, 4) is 5.75 Å². The molecule has 1 amide bonds. The number of primary amides is 1. The minimum atomic E-state index is -1.27. The molecule has 0 saturated carbocycles. The molecule has 7 nitrogen and oxygen atoms in total. The lowest BCUT2D eigenvalue weighted by Crippen LogP contribution is -2.51. The Labute approximate surface area is 121 Å². The molecule has 0 aromatic heterocycles. The minimum Gasteiger partial charge on any atom is -0.483 e. The van der Waals surface area contributed by atoms with Crippen molar-refractivity contribution in [2.24, 2.45) is 11.5 Å². The first kappa shape index (κ1) is 16.2. The molecular weight excluding hydrogens is 286 g/mol. The maximum atomic E-state index is 11.2. The van der Waals surface area contributed by atoms with Crippen molar-refractivity contribution in [2.45, 2.75) is 31.9 Å². The van der Waals surface area contributed by atoms with Crippen molar-refractivity contribution in [3.63, 3.8) is 0 Å². The number of carbonyl (C=O) groups is 1. The zero-order chi connectivity index (χ0) is 15.5. The third-order valence-electron chi connectivity index (χ3n) is 2.74. The first-order valence-electron chi connectivity index (χ1n) is 5.83. The smallest absolute Gasteiger partial charge is 0.312 e. The maximum Gasteiger partial charge on any atom is 0.312 e. The first-order chi connectivity index (χ1) is 9.15. The normalized spacial score (nSPS) is 15.2. The van der Waals surface area contributed by atoms with Gasteiger partial charge in [0.15, 0.2) is 0 Å². The molecule has 0 radical (unpaired) electrons. The van der Waals surface area contributed by atoms with Crippen LogP contribution in [-0.2, 0) is 4.79 Å². The third kappa shape index (κ3) is 3.82. The Morgan fingerprint density at radius 3 is 2.70 bits per heavy atom. The van der Waals surface area contributed by atoms with E-state index in [2.05, 4.69) is 0 Å². The van der Waals surface area contributed by atoms with Crippen LogP contribution in [0.1, 0.15) is 20.3 Å². The van der Waals surface area contributed by atoms with Crippen molar-refractivity contribution >= 4 is 23.2 Å². The monoisotopic (exact) mass is 301 g/mol. The Kier molecular flexibility index (Phi) is 4.91. The van der Waals surface area contributed by atoms with Crippen LogP contribution in [0.2, 0.25) is 5.02 Å². The second kappa shape index (κ2) is 6.06. The van der Waals surface area contributed by atoms with Crippen LogP contribution >= 0.6 is 11.6 Å². The van der Waals surface area contributed by atoms with Gasteiger partial charge in [-0.1, -0.05) is 17.7 Å². The van der Waals surface area contributed by atoms with E-state index in [1.54, 1.807) is 6.92 Å². The highest BCUT2D eigenvalue weighted by molar-refractivity contribution is 6.32. The van der Waals surface area contributed by atoms with E-state index in [1.807, 2.05) is 0 Å². The Balaban J connectivity index is 2.94. The summed E-state index contributed by atoms with van der Waals surface area (Å²) in [5.41, 5.74) is 9.38. The average Bonchev–Trinajstić information content (AvgIpc) is 2.30. The zero-order valence-electron chi connectivity index (χ0n) is 11.1. The molecule has 20 heavy (non-hydrogen) atoms. The fourth-order valence-electron chi connectivity index (χ4n) is 1.70. The number of nitrogens with zero attached hydrogens (tertiary/aromatic N) is 1. The molecular formula is C12H16ClN3O4. The molecule has 2 atom stereocenters. The van der Waals surface area contributed by atoms with Crippen LogP contribution in [0.15, 0.2) is 18.2 Å². The van der Waals surface area contributed by atoms with E-state index in [9.17, 15) is 14.9 Å². The number of rotatable bonds is 6. The number of para-hydroxylation sites is 1. The predicted octanol–water partition coefficient (Wildman–Crippen LogP) is 1.61. The second-order valence-electron chi connectivity index (χ2n) is 4.76. The zero-order valence-corrected chi connectivity index (χ0v) is 11.9. The molecule has 110 valence electrons. The number of ether oxygens (including phenoxy) is 1. The molecule has 0 aliphatic carbocycles. The second-order valence-corrected chi connectivity index (χ2v) is 5.17. The average molecular weight is 302 g/mol. The molecule has 0 fully saturated rings. The molecule has 0 heterocycles. The van der Waals surface area contributed by atoms with Crippen molar-refractivity contribution in [3.05, 3.63) is 33.3 Å². The van der Waals surface area contributed by atoms with Gasteiger partial charge in [-0.3, -0.25) is 14.9 Å². The number of carbonyl (C=O) groups excluding carboxylic acids is 1. The van der Waals surface area contributed by atoms with E-state index in [1.165, 1.54) is 25.1 Å². The Bertz CT molecular complexity index is 533. The van der Waals surface area contributed by atoms with Crippen molar-refractivity contribution in [1.82, 2.24) is 0 Å². The van der Waals surface area contributed by atoms with Crippen LogP contribution in [0.3, 0.4) is 0 Å². The summed E-state index contributed by atoms with van der Waals surface area (Å²) in [5.74, 6) is -0.728. The highest BCUT2D eigenvalue weighted by Gasteiger charge is 2.30. The summed E-state index contributed by atoms with van der Waals surface area (Å²) < 4.78 is 5.46. The lowest BCUT2D eigenvalue weighted by molar-refractivity contribution is -0.386. The summed E-state index contributed by atoms with van der Waals surface area (Å²) >= 11 is 5.90. The summed E-state index contributed by atoms with van der Waals surface area (Å²) in [5, 5.41) is 11.0. The molecule has 1 aromatic rings. The summed E-state index contributed by atoms with van der Waals surface area (Å²) in [6.07, 6.45) is -0.471. The van der Waals surface area contributed by atoms with E-state index in [0.29, 0.717) is 0 Å². The minimum absolute atomic E-state index is 0.0491. The quantitative estimate of drug-likeness (QED) is 0.610. The summed E-state index contributed by atoms with van der Waals surface area (Å²) in [7, 11) is 0. The van der Waals surface area contributed by atoms with Crippen molar-refractivity contribution in [1.29, 1.82) is 0 Å². The highest BCUT2D eigenvalue weighted by atomic mass is 35.5. The van der Waals surface area contributed by atoms with E-state index in [0.717, 1.165) is 0 Å². The van der Waals surface area contributed by atoms with Gasteiger partial charge in [0.05, 0.1) is 21.6 Å². The summed E-state index contributed by atoms with van der Waals surface area (Å²) in [6.45, 7) is 3.09. The van der Waals surface area contributed by atoms with Gasteiger partial charge in [-0.25, -0.2) is 0 Å². The molecule has 0 aliphatic heterocycles. The predicted molar refractivity (Wildman–Crippen MR) is 74.6 cm³/mol. The van der Waals surface area contributed by atoms with Crippen LogP contribution in [0.25, 0.3) is 0 Å². The van der Waals surface area contributed by atoms with Gasteiger partial charge in [-0.2, -0.15) is 0 Å². The Morgan fingerprint density at radius 2 is 2.20 bits per heavy atom. The fourth-order valence-corrected chi connectivity index (χ4v) is 1.91. The van der Waals surface area contributed by atoms with Gasteiger partial charge in [0, 0.05) is 12.5 Å². The number of nitro groups is 1. The van der Waals surface area contributed by atoms with E-state index in [4.69, 9.17) is 27.8 Å². The number of amides is 1. The van der Waals surface area contributed by atoms with Gasteiger partial charge in [-0.05, 0) is 19.9 Å². The highest BCUT2D eigenvalue weighted by Crippen LogP contribution is 2.35. The molecule has 0 spiro atoms. The molecule has 2 unspecified atom stereocenters. The van der Waals surface area contributed by atoms with Gasteiger partial charge in [0.25, 0.3) is 0 Å². The van der Waals surface area contributed by atoms with Gasteiger partial charge in [-0.15, -0.1) is 0 Å². The molecule has 4 N–H and O–H groups in total. The lowest BCUT2D eigenvalue weighted by atomic mass is 9.95. The number of benzene rings is 1. The number of nitrogens with two attached hydrogens (primary N) is 2. The molecule has 8 heteroatoms. The number of nitro benzene ring substituents is 1. The molecule has 0 saturated heterocycles. The van der Waals surface area contributed by atoms with Gasteiger partial charge >= 0.3 is 5.69 Å². The van der Waals surface area contributed by atoms with Gasteiger partial charge in [0.2, 0.25) is 11.7 Å². The SMILES string of the molecule is CC(CC(C)(N)C(N)=O)Oc1c(Cl)cccc1[N+](=O)[O-]. The molecule has 0 aliphatic rings. The van der Waals surface area contributed by atoms with E-state index >= 15 is 0 Å². The van der Waals surface area contributed by atoms with Gasteiger partial charge in [0.1, 0.15) is 0 Å². The molecule has 0 bridgehead atoms. The number of hydrogen-bond donors (Lipinski definition) is 2. The van der Waals surface area contributed by atoms with E-state index < -0.39 is 22.5 Å². The largest absolute Gasteiger partial charge is 0.483 e. The van der Waals surface area contributed by atoms with Crippen LogP contribution in [0.4, 0.5) is 5.69 Å². The standard InChI is InChI=1S/C12H16ClN3O4/c1-7(6-12(2,15)11(14)17)20-10-8(13)4-3-5-9(10)16(18)19/h3-5,7H,6,15H2,1-2H3,(H2,14,17). The van der Waals surface area contributed by atoms with E-state index in [-0.39, 0.29) is 22.9 Å². The van der Waals surface area contributed by atoms with Gasteiger partial charge < -0.3 is 16.2 Å². The van der Waals surface area contributed by atoms with Crippen LogP contribution < -0.4 is 16.2 Å². The Hall–Kier alpha value is -1.86. The molecule has 1 aromatic carbocycles. The topological polar surface area (TPSA) is 121 Å². The fraction of sp³-hybridized carbons (Fsp3) is 0.417. The maximum absolute atomic E-state index is 11.2. The summed E-state index contributed by atoms with van der Waals surface area (Å²) in [6, 6.07) is 4.21. The number of halogens is 1. The lowest BCUT2D eigenvalue weighted by Gasteiger charge is -2.25. The summed E-state index contributed by atoms with van der Waals surface area (Å²) in [4.78, 5) is 21.5. The first-order valence-corrected chi connectivity index (χ1v) is 6.21. The van der Waals surface area contributed by atoms with Crippen molar-refractivity contribution < 1.29 is 14.5 Å². The third-order valence-corrected chi connectivity index (χ3v) is 3.03. The van der Waals surface area contributed by atoms with Crippen molar-refractivity contribution in [2.75, 3.05) is 0 Å². The van der Waals surface area contributed by atoms with Crippen LogP contribution in [-0.4, -0.2) is 22.5 Å². The number of hydrogen-bond acceptors (Lipinski definition) is 5. The van der Waals surface area contributed by atoms with Crippen LogP contribution in [0, 0.1) is 10.1 Å². The molecule has 1 rings (SSSR count). The Morgan fingerprint density at radius 1 is 1.60 bits per heavy atom.